The van der Waals surface area contributed by atoms with Crippen LogP contribution in [0.15, 0.2) is 18.2 Å². The van der Waals surface area contributed by atoms with Crippen molar-refractivity contribution in [3.63, 3.8) is 0 Å². The van der Waals surface area contributed by atoms with Crippen molar-refractivity contribution < 1.29 is 8.42 Å². The van der Waals surface area contributed by atoms with E-state index in [4.69, 9.17) is 23.2 Å². The Morgan fingerprint density at radius 3 is 2.79 bits per heavy atom. The Kier molecular flexibility index (Phi) is 4.77. The summed E-state index contributed by atoms with van der Waals surface area (Å²) < 4.78 is 23.5. The van der Waals surface area contributed by atoms with E-state index < -0.39 is 9.84 Å². The number of hydrogen-bond donors (Lipinski definition) is 1. The van der Waals surface area contributed by atoms with Crippen molar-refractivity contribution in [2.24, 2.45) is 0 Å². The maximum absolute atomic E-state index is 11.7. The molecule has 1 aromatic carbocycles. The lowest BCUT2D eigenvalue weighted by Crippen LogP contribution is -2.32. The van der Waals surface area contributed by atoms with E-state index in [1.807, 2.05) is 19.1 Å². The van der Waals surface area contributed by atoms with Gasteiger partial charge in [0.05, 0.1) is 21.0 Å². The molecule has 106 valence electrons. The Labute approximate surface area is 124 Å². The van der Waals surface area contributed by atoms with Crippen LogP contribution in [0.4, 0.5) is 0 Å². The molecular weight excluding hydrogens is 305 g/mol. The summed E-state index contributed by atoms with van der Waals surface area (Å²) in [5.74, 6) is 0.311. The average Bonchev–Trinajstić information content (AvgIpc) is 2.69. The van der Waals surface area contributed by atoms with Crippen molar-refractivity contribution in [1.82, 2.24) is 5.32 Å². The number of nitrogens with one attached hydrogen (secondary N) is 1. The highest BCUT2D eigenvalue weighted by Gasteiger charge is 2.31. The Bertz CT molecular complexity index is 560. The molecule has 0 amide bonds. The van der Waals surface area contributed by atoms with E-state index in [1.54, 1.807) is 6.07 Å². The predicted octanol–water partition coefficient (Wildman–Crippen LogP) is 3.22. The molecule has 1 fully saturated rings. The Hall–Kier alpha value is -0.290. The molecule has 1 aliphatic heterocycles. The van der Waals surface area contributed by atoms with E-state index >= 15 is 0 Å². The van der Waals surface area contributed by atoms with Gasteiger partial charge in [-0.05, 0) is 31.4 Å². The molecule has 0 aromatic heterocycles. The summed E-state index contributed by atoms with van der Waals surface area (Å²) >= 11 is 12.1. The van der Waals surface area contributed by atoms with Crippen LogP contribution in [0.5, 0.6) is 0 Å². The normalized spacial score (nSPS) is 23.4. The second-order valence-corrected chi connectivity index (χ2v) is 8.09. The molecule has 2 rings (SSSR count). The van der Waals surface area contributed by atoms with Crippen LogP contribution in [0.3, 0.4) is 0 Å². The summed E-state index contributed by atoms with van der Waals surface area (Å²) in [6.07, 6.45) is 1.51. The van der Waals surface area contributed by atoms with Gasteiger partial charge in [-0.25, -0.2) is 8.42 Å². The Morgan fingerprint density at radius 2 is 2.16 bits per heavy atom. The molecule has 2 atom stereocenters. The molecule has 19 heavy (non-hydrogen) atoms. The van der Waals surface area contributed by atoms with Gasteiger partial charge in [-0.15, -0.1) is 0 Å². The van der Waals surface area contributed by atoms with E-state index in [-0.39, 0.29) is 11.3 Å². The highest BCUT2D eigenvalue weighted by atomic mass is 35.5. The first-order valence-electron chi connectivity index (χ1n) is 6.30. The Morgan fingerprint density at radius 1 is 1.42 bits per heavy atom. The standard InChI is InChI=1S/C13H17Cl2NO2S/c1-9(11-5-2-6-12(14)13(11)15)16-8-10-4-3-7-19(10,17)18/h2,5-6,9-10,16H,3-4,7-8H2,1H3. The van der Waals surface area contributed by atoms with E-state index in [0.29, 0.717) is 22.3 Å². The van der Waals surface area contributed by atoms with Gasteiger partial charge >= 0.3 is 0 Å². The van der Waals surface area contributed by atoms with Crippen LogP contribution in [0.25, 0.3) is 0 Å². The van der Waals surface area contributed by atoms with Gasteiger partial charge in [0, 0.05) is 12.6 Å². The van der Waals surface area contributed by atoms with E-state index in [0.717, 1.165) is 18.4 Å². The molecule has 1 saturated heterocycles. The highest BCUT2D eigenvalue weighted by molar-refractivity contribution is 7.92. The van der Waals surface area contributed by atoms with Gasteiger partial charge < -0.3 is 5.32 Å². The van der Waals surface area contributed by atoms with Crippen LogP contribution in [-0.2, 0) is 9.84 Å². The van der Waals surface area contributed by atoms with Crippen molar-refractivity contribution in [3.05, 3.63) is 33.8 Å². The summed E-state index contributed by atoms with van der Waals surface area (Å²) in [6, 6.07) is 5.45. The first kappa shape index (κ1) is 15.1. The lowest BCUT2D eigenvalue weighted by Gasteiger charge is -2.18. The number of hydrogen-bond acceptors (Lipinski definition) is 3. The summed E-state index contributed by atoms with van der Waals surface area (Å²) in [4.78, 5) is 0. The monoisotopic (exact) mass is 321 g/mol. The summed E-state index contributed by atoms with van der Waals surface area (Å²) in [7, 11) is -2.90. The molecular formula is C13H17Cl2NO2S. The molecule has 0 saturated carbocycles. The molecule has 1 N–H and O–H groups in total. The third-order valence-corrected chi connectivity index (χ3v) is 6.67. The van der Waals surface area contributed by atoms with Crippen LogP contribution in [0, 0.1) is 0 Å². The first-order chi connectivity index (χ1) is 8.92. The molecule has 0 spiro atoms. The van der Waals surface area contributed by atoms with Gasteiger partial charge in [0.1, 0.15) is 0 Å². The van der Waals surface area contributed by atoms with E-state index in [1.165, 1.54) is 0 Å². The molecule has 0 bridgehead atoms. The third kappa shape index (κ3) is 3.43. The first-order valence-corrected chi connectivity index (χ1v) is 8.78. The maximum atomic E-state index is 11.7. The molecule has 0 radical (unpaired) electrons. The third-order valence-electron chi connectivity index (χ3n) is 3.56. The highest BCUT2D eigenvalue weighted by Crippen LogP contribution is 2.30. The maximum Gasteiger partial charge on any atom is 0.154 e. The van der Waals surface area contributed by atoms with Gasteiger partial charge in [0.25, 0.3) is 0 Å². The van der Waals surface area contributed by atoms with Crippen LogP contribution in [0.2, 0.25) is 10.0 Å². The fourth-order valence-corrected chi connectivity index (χ4v) is 4.61. The SMILES string of the molecule is CC(NCC1CCCS1(=O)=O)c1cccc(Cl)c1Cl. The topological polar surface area (TPSA) is 46.2 Å². The van der Waals surface area contributed by atoms with Crippen LogP contribution in [-0.4, -0.2) is 26.0 Å². The zero-order valence-electron chi connectivity index (χ0n) is 10.7. The second kappa shape index (κ2) is 6.00. The number of rotatable bonds is 4. The molecule has 3 nitrogen and oxygen atoms in total. The fourth-order valence-electron chi connectivity index (χ4n) is 2.36. The van der Waals surface area contributed by atoms with Gasteiger partial charge in [-0.1, -0.05) is 35.3 Å². The summed E-state index contributed by atoms with van der Waals surface area (Å²) in [5.41, 5.74) is 0.893. The van der Waals surface area contributed by atoms with Gasteiger partial charge in [-0.3, -0.25) is 0 Å². The van der Waals surface area contributed by atoms with Gasteiger partial charge in [-0.2, -0.15) is 0 Å². The number of sulfone groups is 1. The number of halogens is 2. The van der Waals surface area contributed by atoms with Crippen LogP contribution >= 0.6 is 23.2 Å². The Balaban J connectivity index is 2.02. The zero-order chi connectivity index (χ0) is 14.0. The quantitative estimate of drug-likeness (QED) is 0.926. The van der Waals surface area contributed by atoms with E-state index in [2.05, 4.69) is 5.32 Å². The minimum Gasteiger partial charge on any atom is -0.309 e. The lowest BCUT2D eigenvalue weighted by atomic mass is 10.1. The van der Waals surface area contributed by atoms with Crippen LogP contribution in [0.1, 0.15) is 31.4 Å². The lowest BCUT2D eigenvalue weighted by molar-refractivity contribution is 0.538. The minimum atomic E-state index is -2.90. The molecule has 1 aromatic rings. The predicted molar refractivity (Wildman–Crippen MR) is 79.7 cm³/mol. The van der Waals surface area contributed by atoms with Crippen molar-refractivity contribution in [1.29, 1.82) is 0 Å². The van der Waals surface area contributed by atoms with Crippen molar-refractivity contribution >= 4 is 33.0 Å². The van der Waals surface area contributed by atoms with Gasteiger partial charge in [0.2, 0.25) is 0 Å². The van der Waals surface area contributed by atoms with Crippen molar-refractivity contribution in [3.8, 4) is 0 Å². The zero-order valence-corrected chi connectivity index (χ0v) is 13.0. The number of benzene rings is 1. The fraction of sp³-hybridized carbons (Fsp3) is 0.538. The van der Waals surface area contributed by atoms with Crippen molar-refractivity contribution in [2.45, 2.75) is 31.1 Å². The summed E-state index contributed by atoms with van der Waals surface area (Å²) in [5, 5.41) is 4.01. The van der Waals surface area contributed by atoms with Crippen molar-refractivity contribution in [2.75, 3.05) is 12.3 Å². The average molecular weight is 322 g/mol. The molecule has 1 aliphatic rings. The summed E-state index contributed by atoms with van der Waals surface area (Å²) in [6.45, 7) is 2.42. The molecule has 1 heterocycles. The molecule has 2 unspecified atom stereocenters. The van der Waals surface area contributed by atoms with Crippen LogP contribution < -0.4 is 5.32 Å². The molecule has 6 heteroatoms. The largest absolute Gasteiger partial charge is 0.309 e. The van der Waals surface area contributed by atoms with E-state index in [9.17, 15) is 8.42 Å². The van der Waals surface area contributed by atoms with Gasteiger partial charge in [0.15, 0.2) is 9.84 Å². The minimum absolute atomic E-state index is 0.0259. The second-order valence-electron chi connectivity index (χ2n) is 4.90. The smallest absolute Gasteiger partial charge is 0.154 e. The molecule has 0 aliphatic carbocycles.